The second-order valence-corrected chi connectivity index (χ2v) is 8.13. The van der Waals surface area contributed by atoms with Crippen LogP contribution in [0.5, 0.6) is 34.5 Å². The molecule has 0 saturated carbocycles. The number of hydrogen-bond acceptors (Lipinski definition) is 10. The van der Waals surface area contributed by atoms with Crippen LogP contribution in [0.1, 0.15) is 36.5 Å². The summed E-state index contributed by atoms with van der Waals surface area (Å²) in [5.41, 5.74) is 1.89. The molecule has 0 aromatic heterocycles. The monoisotopic (exact) mass is 530 g/mol. The molecule has 0 N–H and O–H groups in total. The Bertz CT molecular complexity index is 1190. The molecule has 0 unspecified atom stereocenters. The van der Waals surface area contributed by atoms with Gasteiger partial charge in [0.05, 0.1) is 61.4 Å². The number of benzene rings is 2. The van der Waals surface area contributed by atoms with Crippen molar-refractivity contribution in [3.63, 3.8) is 0 Å². The molecule has 2 atom stereocenters. The van der Waals surface area contributed by atoms with Gasteiger partial charge in [-0.15, -0.1) is 0 Å². The van der Waals surface area contributed by atoms with Crippen molar-refractivity contribution in [3.05, 3.63) is 40.5 Å². The van der Waals surface area contributed by atoms with E-state index in [2.05, 4.69) is 0 Å². The Morgan fingerprint density at radius 3 is 1.68 bits per heavy atom. The topological polar surface area (TPSA) is 108 Å². The van der Waals surface area contributed by atoms with Gasteiger partial charge in [-0.05, 0) is 49.2 Å². The van der Waals surface area contributed by atoms with E-state index in [0.29, 0.717) is 51.2 Å². The summed E-state index contributed by atoms with van der Waals surface area (Å²) in [5.74, 6) is -0.932. The van der Waals surface area contributed by atoms with Gasteiger partial charge >= 0.3 is 11.9 Å². The third-order valence-electron chi connectivity index (χ3n) is 6.29. The van der Waals surface area contributed by atoms with Gasteiger partial charge in [-0.3, -0.25) is 4.79 Å². The summed E-state index contributed by atoms with van der Waals surface area (Å²) < 4.78 is 44.5. The summed E-state index contributed by atoms with van der Waals surface area (Å²) in [7, 11) is 8.98. The molecule has 10 heteroatoms. The Morgan fingerprint density at radius 1 is 0.684 bits per heavy atom. The van der Waals surface area contributed by atoms with Gasteiger partial charge in [0, 0.05) is 11.5 Å². The van der Waals surface area contributed by atoms with Crippen LogP contribution >= 0.6 is 0 Å². The average molecular weight is 531 g/mol. The van der Waals surface area contributed by atoms with Crippen LogP contribution in [0.25, 0.3) is 6.08 Å². The van der Waals surface area contributed by atoms with Crippen LogP contribution in [-0.2, 0) is 19.1 Å². The predicted molar refractivity (Wildman–Crippen MR) is 139 cm³/mol. The van der Waals surface area contributed by atoms with Gasteiger partial charge in [-0.2, -0.15) is 0 Å². The van der Waals surface area contributed by atoms with E-state index in [0.717, 1.165) is 0 Å². The molecule has 0 saturated heterocycles. The Kier molecular flexibility index (Phi) is 9.33. The summed E-state index contributed by atoms with van der Waals surface area (Å²) >= 11 is 0. The van der Waals surface area contributed by atoms with Crippen LogP contribution in [-0.4, -0.2) is 67.8 Å². The van der Waals surface area contributed by atoms with Gasteiger partial charge in [0.2, 0.25) is 11.5 Å². The van der Waals surface area contributed by atoms with Gasteiger partial charge in [0.1, 0.15) is 5.92 Å². The van der Waals surface area contributed by atoms with E-state index in [-0.39, 0.29) is 18.8 Å². The van der Waals surface area contributed by atoms with Crippen molar-refractivity contribution in [2.24, 2.45) is 5.92 Å². The summed E-state index contributed by atoms with van der Waals surface area (Å²) in [4.78, 5) is 26.8. The molecule has 2 aromatic carbocycles. The van der Waals surface area contributed by atoms with E-state index in [1.165, 1.54) is 42.7 Å². The van der Waals surface area contributed by atoms with Crippen LogP contribution < -0.4 is 28.4 Å². The van der Waals surface area contributed by atoms with Crippen molar-refractivity contribution in [2.45, 2.75) is 19.8 Å². The first-order valence-electron chi connectivity index (χ1n) is 12.0. The first-order valence-corrected chi connectivity index (χ1v) is 12.0. The number of rotatable bonds is 11. The molecule has 206 valence electrons. The van der Waals surface area contributed by atoms with E-state index in [9.17, 15) is 9.59 Å². The third kappa shape index (κ3) is 5.03. The molecular weight excluding hydrogens is 496 g/mol. The van der Waals surface area contributed by atoms with Crippen LogP contribution in [0.2, 0.25) is 0 Å². The van der Waals surface area contributed by atoms with E-state index in [1.54, 1.807) is 38.1 Å². The first-order chi connectivity index (χ1) is 18.3. The number of methoxy groups -OCH3 is 6. The molecule has 3 rings (SSSR count). The van der Waals surface area contributed by atoms with E-state index < -0.39 is 23.8 Å². The highest BCUT2D eigenvalue weighted by Gasteiger charge is 2.45. The van der Waals surface area contributed by atoms with E-state index in [1.807, 2.05) is 0 Å². The molecule has 0 heterocycles. The van der Waals surface area contributed by atoms with Crippen LogP contribution in [0.4, 0.5) is 0 Å². The normalized spacial score (nSPS) is 15.9. The minimum absolute atomic E-state index is 0.114. The largest absolute Gasteiger partial charge is 0.493 e. The van der Waals surface area contributed by atoms with Gasteiger partial charge in [-0.25, -0.2) is 4.79 Å². The van der Waals surface area contributed by atoms with Gasteiger partial charge < -0.3 is 37.9 Å². The zero-order valence-electron chi connectivity index (χ0n) is 23.0. The molecule has 0 radical (unpaired) electrons. The van der Waals surface area contributed by atoms with Crippen LogP contribution in [0.3, 0.4) is 0 Å². The summed E-state index contributed by atoms with van der Waals surface area (Å²) in [6.07, 6.45) is 1.61. The van der Waals surface area contributed by atoms with E-state index >= 15 is 0 Å². The second-order valence-electron chi connectivity index (χ2n) is 8.13. The lowest BCUT2D eigenvalue weighted by Crippen LogP contribution is -2.34. The van der Waals surface area contributed by atoms with Gasteiger partial charge in [0.15, 0.2) is 23.0 Å². The molecule has 0 bridgehead atoms. The smallest absolute Gasteiger partial charge is 0.334 e. The Balaban J connectivity index is 2.50. The number of carbonyl (C=O) groups is 2. The SMILES string of the molecule is CCOC(=O)C1=Cc2cc(OC)c(OC)c(OC)c2[C@H](c2cc(OC)c(OC)c(OC)c2)[C@H]1C(=O)OCC. The highest BCUT2D eigenvalue weighted by molar-refractivity contribution is 6.02. The second kappa shape index (κ2) is 12.4. The zero-order valence-corrected chi connectivity index (χ0v) is 23.0. The maximum absolute atomic E-state index is 13.6. The molecule has 0 spiro atoms. The molecule has 0 fully saturated rings. The fourth-order valence-electron chi connectivity index (χ4n) is 4.78. The molecule has 0 amide bonds. The predicted octanol–water partition coefficient (Wildman–Crippen LogP) is 4.01. The van der Waals surface area contributed by atoms with Crippen molar-refractivity contribution in [1.29, 1.82) is 0 Å². The molecule has 0 aliphatic heterocycles. The van der Waals surface area contributed by atoms with Crippen LogP contribution in [0, 0.1) is 5.92 Å². The maximum Gasteiger partial charge on any atom is 0.334 e. The Labute approximate surface area is 222 Å². The lowest BCUT2D eigenvalue weighted by molar-refractivity contribution is -0.150. The van der Waals surface area contributed by atoms with Gasteiger partial charge in [0.25, 0.3) is 0 Å². The fraction of sp³-hybridized carbons (Fsp3) is 0.429. The Hall–Kier alpha value is -4.08. The molecule has 38 heavy (non-hydrogen) atoms. The fourth-order valence-corrected chi connectivity index (χ4v) is 4.78. The van der Waals surface area contributed by atoms with Crippen molar-refractivity contribution in [2.75, 3.05) is 55.9 Å². The van der Waals surface area contributed by atoms with E-state index in [4.69, 9.17) is 37.9 Å². The lowest BCUT2D eigenvalue weighted by atomic mass is 9.70. The summed E-state index contributed by atoms with van der Waals surface area (Å²) in [5, 5.41) is 0. The highest BCUT2D eigenvalue weighted by atomic mass is 16.5. The maximum atomic E-state index is 13.6. The standard InChI is InChI=1S/C28H34O10/c1-9-37-27(29)17-11-15-12-20(33-5)25(35-7)26(36-8)22(15)21(23(17)28(30)38-10-2)16-13-18(31-3)24(34-6)19(14-16)32-4/h11-14,21,23H,9-10H2,1-8H3/t21-,23-/m0/s1. The van der Waals surface area contributed by atoms with Crippen molar-refractivity contribution in [3.8, 4) is 34.5 Å². The average Bonchev–Trinajstić information content (AvgIpc) is 2.94. The third-order valence-corrected chi connectivity index (χ3v) is 6.29. The molecule has 1 aliphatic carbocycles. The minimum Gasteiger partial charge on any atom is -0.493 e. The number of esters is 2. The summed E-state index contributed by atoms with van der Waals surface area (Å²) in [6, 6.07) is 5.18. The number of ether oxygens (including phenoxy) is 8. The van der Waals surface area contributed by atoms with Gasteiger partial charge in [-0.1, -0.05) is 0 Å². The first kappa shape index (κ1) is 28.5. The number of fused-ring (bicyclic) bond motifs is 1. The molecule has 2 aromatic rings. The van der Waals surface area contributed by atoms with Crippen molar-refractivity contribution < 1.29 is 47.5 Å². The number of hydrogen-bond donors (Lipinski definition) is 0. The van der Waals surface area contributed by atoms with Crippen LogP contribution in [0.15, 0.2) is 23.8 Å². The van der Waals surface area contributed by atoms with Crippen molar-refractivity contribution >= 4 is 18.0 Å². The summed E-state index contributed by atoms with van der Waals surface area (Å²) in [6.45, 7) is 3.64. The molecule has 1 aliphatic rings. The highest BCUT2D eigenvalue weighted by Crippen LogP contribution is 2.54. The molecular formula is C28H34O10. The molecule has 10 nitrogen and oxygen atoms in total. The van der Waals surface area contributed by atoms with Crippen molar-refractivity contribution in [1.82, 2.24) is 0 Å². The lowest BCUT2D eigenvalue weighted by Gasteiger charge is -2.34. The minimum atomic E-state index is -1.09. The quantitative estimate of drug-likeness (QED) is 0.396. The zero-order chi connectivity index (χ0) is 28.0. The number of carbonyl (C=O) groups excluding carboxylic acids is 2. The Morgan fingerprint density at radius 2 is 1.21 bits per heavy atom.